The quantitative estimate of drug-likeness (QED) is 0.554. The van der Waals surface area contributed by atoms with Crippen LogP contribution in [0, 0.1) is 23.2 Å². The van der Waals surface area contributed by atoms with Gasteiger partial charge in [-0.2, -0.15) is 0 Å². The van der Waals surface area contributed by atoms with Gasteiger partial charge in [-0.25, -0.2) is 9.59 Å². The van der Waals surface area contributed by atoms with Gasteiger partial charge in [0, 0.05) is 23.5 Å². The number of rotatable bonds is 2. The molecule has 3 rings (SSSR count). The minimum atomic E-state index is -1.16. The van der Waals surface area contributed by atoms with Crippen LogP contribution in [-0.2, 0) is 28.7 Å². The molecule has 0 N–H and O–H groups in total. The Bertz CT molecular complexity index is 784. The van der Waals surface area contributed by atoms with Gasteiger partial charge in [-0.05, 0) is 26.8 Å². The molecule has 0 bridgehead atoms. The van der Waals surface area contributed by atoms with Crippen LogP contribution in [0.5, 0.6) is 0 Å². The van der Waals surface area contributed by atoms with Crippen molar-refractivity contribution in [2.45, 2.75) is 39.9 Å². The summed E-state index contributed by atoms with van der Waals surface area (Å²) in [6.45, 7) is 10.6. The molecule has 138 valence electrons. The first kappa shape index (κ1) is 18.3. The lowest BCUT2D eigenvalue weighted by Gasteiger charge is -2.38. The van der Waals surface area contributed by atoms with Crippen molar-refractivity contribution >= 4 is 23.5 Å². The second-order valence-electron chi connectivity index (χ2n) is 7.68. The zero-order chi connectivity index (χ0) is 19.4. The van der Waals surface area contributed by atoms with E-state index in [2.05, 4.69) is 6.58 Å². The Kier molecular flexibility index (Phi) is 4.25. The number of allylic oxidation sites excluding steroid dienone is 3. The third kappa shape index (κ3) is 2.47. The molecule has 6 nitrogen and oxygen atoms in total. The van der Waals surface area contributed by atoms with Crippen LogP contribution in [0.3, 0.4) is 0 Å². The highest BCUT2D eigenvalue weighted by Crippen LogP contribution is 2.53. The SMILES string of the molecule is C=C1C(=O)O[C@@H]2C(=O)[C@@H](C)[C@H]3C=CC(=O)[C@@]3(C)[C@@H](OC(=O)C=C(C)C)[C@H]12. The highest BCUT2D eigenvalue weighted by molar-refractivity contribution is 6.03. The number of Topliss-reactive ketones (excluding diaryl/α,β-unsaturated/α-hetero) is 1. The normalized spacial score (nSPS) is 38.4. The smallest absolute Gasteiger partial charge is 0.334 e. The van der Waals surface area contributed by atoms with Crippen LogP contribution in [0.15, 0.2) is 36.0 Å². The Morgan fingerprint density at radius 2 is 1.96 bits per heavy atom. The molecule has 2 fully saturated rings. The highest BCUT2D eigenvalue weighted by Gasteiger charge is 2.64. The van der Waals surface area contributed by atoms with Crippen LogP contribution in [0.1, 0.15) is 27.7 Å². The van der Waals surface area contributed by atoms with E-state index in [1.54, 1.807) is 33.8 Å². The van der Waals surface area contributed by atoms with Gasteiger partial charge >= 0.3 is 11.9 Å². The van der Waals surface area contributed by atoms with Gasteiger partial charge in [0.1, 0.15) is 6.10 Å². The van der Waals surface area contributed by atoms with Crippen molar-refractivity contribution in [3.8, 4) is 0 Å². The molecule has 6 atom stereocenters. The average Bonchev–Trinajstić information content (AvgIpc) is 2.99. The van der Waals surface area contributed by atoms with Crippen molar-refractivity contribution in [3.63, 3.8) is 0 Å². The second-order valence-corrected chi connectivity index (χ2v) is 7.68. The van der Waals surface area contributed by atoms with Gasteiger partial charge in [0.25, 0.3) is 0 Å². The van der Waals surface area contributed by atoms with Gasteiger partial charge in [-0.1, -0.05) is 25.2 Å². The third-order valence-corrected chi connectivity index (χ3v) is 5.74. The Labute approximate surface area is 151 Å². The Morgan fingerprint density at radius 1 is 1.31 bits per heavy atom. The van der Waals surface area contributed by atoms with Crippen LogP contribution in [0.2, 0.25) is 0 Å². The number of carbonyl (C=O) groups is 4. The number of hydrogen-bond donors (Lipinski definition) is 0. The molecule has 0 amide bonds. The lowest BCUT2D eigenvalue weighted by Crippen LogP contribution is -2.49. The van der Waals surface area contributed by atoms with E-state index in [0.29, 0.717) is 0 Å². The number of hydrogen-bond acceptors (Lipinski definition) is 6. The summed E-state index contributed by atoms with van der Waals surface area (Å²) in [4.78, 5) is 50.1. The van der Waals surface area contributed by atoms with E-state index in [-0.39, 0.29) is 17.1 Å². The largest absolute Gasteiger partial charge is 0.457 e. The predicted octanol–water partition coefficient (Wildman–Crippen LogP) is 1.94. The summed E-state index contributed by atoms with van der Waals surface area (Å²) in [6.07, 6.45) is 2.33. The van der Waals surface area contributed by atoms with Crippen molar-refractivity contribution in [3.05, 3.63) is 36.0 Å². The van der Waals surface area contributed by atoms with Gasteiger partial charge in [0.2, 0.25) is 0 Å². The predicted molar refractivity (Wildman–Crippen MR) is 91.7 cm³/mol. The number of carbonyl (C=O) groups excluding carboxylic acids is 4. The first-order valence-electron chi connectivity index (χ1n) is 8.60. The summed E-state index contributed by atoms with van der Waals surface area (Å²) in [6, 6.07) is 0. The molecule has 2 aliphatic carbocycles. The number of fused-ring (bicyclic) bond motifs is 2. The van der Waals surface area contributed by atoms with E-state index in [0.717, 1.165) is 5.57 Å². The van der Waals surface area contributed by atoms with E-state index < -0.39 is 47.3 Å². The van der Waals surface area contributed by atoms with Crippen LogP contribution in [0.4, 0.5) is 0 Å². The van der Waals surface area contributed by atoms with Gasteiger partial charge in [0.05, 0.1) is 11.3 Å². The molecule has 1 saturated heterocycles. The minimum absolute atomic E-state index is 0.0622. The second kappa shape index (κ2) is 6.04. The fourth-order valence-electron chi connectivity index (χ4n) is 4.31. The molecular weight excluding hydrogens is 336 g/mol. The van der Waals surface area contributed by atoms with Crippen molar-refractivity contribution in [2.24, 2.45) is 23.2 Å². The average molecular weight is 358 g/mol. The van der Waals surface area contributed by atoms with Crippen LogP contribution in [-0.4, -0.2) is 35.7 Å². The Balaban J connectivity index is 2.14. The summed E-state index contributed by atoms with van der Waals surface area (Å²) in [5.74, 6) is -3.69. The maximum absolute atomic E-state index is 12.9. The first-order valence-corrected chi connectivity index (χ1v) is 8.60. The Morgan fingerprint density at radius 3 is 2.58 bits per heavy atom. The van der Waals surface area contributed by atoms with Gasteiger partial charge in [-0.3, -0.25) is 9.59 Å². The molecule has 0 radical (unpaired) electrons. The summed E-state index contributed by atoms with van der Waals surface area (Å²) >= 11 is 0. The van der Waals surface area contributed by atoms with Crippen molar-refractivity contribution in [1.82, 2.24) is 0 Å². The zero-order valence-corrected chi connectivity index (χ0v) is 15.3. The molecule has 3 aliphatic rings. The van der Waals surface area contributed by atoms with E-state index in [4.69, 9.17) is 9.47 Å². The van der Waals surface area contributed by atoms with Gasteiger partial charge < -0.3 is 9.47 Å². The van der Waals surface area contributed by atoms with E-state index in [9.17, 15) is 19.2 Å². The maximum atomic E-state index is 12.9. The lowest BCUT2D eigenvalue weighted by molar-refractivity contribution is -0.160. The molecule has 6 heteroatoms. The van der Waals surface area contributed by atoms with E-state index in [1.165, 1.54) is 12.2 Å². The molecule has 26 heavy (non-hydrogen) atoms. The summed E-state index contributed by atoms with van der Waals surface area (Å²) in [5.41, 5.74) is -0.358. The standard InChI is InChI=1S/C20H22O6/c1-9(2)8-14(22)25-18-15-11(4)19(24)26-17(15)16(23)10(3)12-6-7-13(21)20(12,18)5/h6-8,10,12,15,17-18H,4H2,1-3,5H3/t10-,12+,15+,17-,18-,20-/m0/s1. The van der Waals surface area contributed by atoms with Crippen molar-refractivity contribution in [2.75, 3.05) is 0 Å². The van der Waals surface area contributed by atoms with Gasteiger partial charge in [0.15, 0.2) is 17.7 Å². The van der Waals surface area contributed by atoms with Gasteiger partial charge in [-0.15, -0.1) is 0 Å². The molecular formula is C20H22O6. The van der Waals surface area contributed by atoms with Crippen molar-refractivity contribution in [1.29, 1.82) is 0 Å². The first-order chi connectivity index (χ1) is 12.1. The molecule has 0 aromatic heterocycles. The van der Waals surface area contributed by atoms with E-state index in [1.807, 2.05) is 0 Å². The van der Waals surface area contributed by atoms with E-state index >= 15 is 0 Å². The number of esters is 2. The van der Waals surface area contributed by atoms with Crippen LogP contribution >= 0.6 is 0 Å². The molecule has 0 aromatic rings. The summed E-state index contributed by atoms with van der Waals surface area (Å²) in [5, 5.41) is 0. The minimum Gasteiger partial charge on any atom is -0.457 e. The maximum Gasteiger partial charge on any atom is 0.334 e. The lowest BCUT2D eigenvalue weighted by atomic mass is 9.67. The molecule has 0 spiro atoms. The fourth-order valence-corrected chi connectivity index (χ4v) is 4.31. The summed E-state index contributed by atoms with van der Waals surface area (Å²) in [7, 11) is 0. The monoisotopic (exact) mass is 358 g/mol. The Hall–Kier alpha value is -2.50. The molecule has 1 heterocycles. The molecule has 1 saturated carbocycles. The molecule has 1 aliphatic heterocycles. The van der Waals surface area contributed by atoms with Crippen molar-refractivity contribution < 1.29 is 28.7 Å². The molecule has 0 aromatic carbocycles. The summed E-state index contributed by atoms with van der Waals surface area (Å²) < 4.78 is 10.9. The zero-order valence-electron chi connectivity index (χ0n) is 15.3. The van der Waals surface area contributed by atoms with Crippen LogP contribution in [0.25, 0.3) is 0 Å². The number of ether oxygens (including phenoxy) is 2. The molecule has 0 unspecified atom stereocenters. The van der Waals surface area contributed by atoms with Crippen LogP contribution < -0.4 is 0 Å². The highest BCUT2D eigenvalue weighted by atomic mass is 16.6. The number of ketones is 2. The fraction of sp³-hybridized carbons (Fsp3) is 0.500. The topological polar surface area (TPSA) is 86.7 Å². The third-order valence-electron chi connectivity index (χ3n) is 5.74.